The van der Waals surface area contributed by atoms with Crippen LogP contribution in [-0.4, -0.2) is 34.7 Å². The van der Waals surface area contributed by atoms with Crippen molar-refractivity contribution in [2.24, 2.45) is 5.92 Å². The zero-order valence-electron chi connectivity index (χ0n) is 16.4. The SMILES string of the molecule is O=C(NCc1ccc([N+](=O)[O-])cc1)C1CCN(C(=O)c2ccc(C(F)(F)F)cc2)CC1. The molecule has 1 saturated heterocycles. The van der Waals surface area contributed by atoms with Gasteiger partial charge in [-0.2, -0.15) is 13.2 Å². The molecule has 1 aliphatic heterocycles. The molecular formula is C21H20F3N3O4. The first-order valence-corrected chi connectivity index (χ1v) is 9.63. The van der Waals surface area contributed by atoms with Crippen molar-refractivity contribution in [1.29, 1.82) is 0 Å². The van der Waals surface area contributed by atoms with Gasteiger partial charge in [0.2, 0.25) is 5.91 Å². The molecule has 0 spiro atoms. The first-order chi connectivity index (χ1) is 14.6. The Morgan fingerprint density at radius 2 is 1.61 bits per heavy atom. The number of alkyl halides is 3. The van der Waals surface area contributed by atoms with E-state index in [0.717, 1.165) is 29.8 Å². The standard InChI is InChI=1S/C21H20F3N3O4/c22-21(23,24)17-5-3-16(4-6-17)20(29)26-11-9-15(10-12-26)19(28)25-13-14-1-7-18(8-2-14)27(30)31/h1-8,15H,9-13H2,(H,25,28). The molecule has 0 bridgehead atoms. The number of hydrogen-bond acceptors (Lipinski definition) is 4. The molecule has 10 heteroatoms. The predicted octanol–water partition coefficient (Wildman–Crippen LogP) is 3.78. The minimum absolute atomic E-state index is 0.0276. The second-order valence-corrected chi connectivity index (χ2v) is 7.28. The molecule has 1 heterocycles. The maximum Gasteiger partial charge on any atom is 0.416 e. The summed E-state index contributed by atoms with van der Waals surface area (Å²) in [6, 6.07) is 9.96. The number of amides is 2. The monoisotopic (exact) mass is 435 g/mol. The van der Waals surface area contributed by atoms with Crippen LogP contribution in [0.3, 0.4) is 0 Å². The Bertz CT molecular complexity index is 951. The maximum atomic E-state index is 12.7. The lowest BCUT2D eigenvalue weighted by atomic mass is 9.95. The fourth-order valence-electron chi connectivity index (χ4n) is 3.40. The molecule has 2 aromatic rings. The van der Waals surface area contributed by atoms with Gasteiger partial charge in [-0.3, -0.25) is 19.7 Å². The van der Waals surface area contributed by atoms with Crippen molar-refractivity contribution in [2.45, 2.75) is 25.6 Å². The quantitative estimate of drug-likeness (QED) is 0.572. The molecule has 0 atom stereocenters. The fraction of sp³-hybridized carbons (Fsp3) is 0.333. The molecule has 2 amide bonds. The highest BCUT2D eigenvalue weighted by atomic mass is 19.4. The second-order valence-electron chi connectivity index (χ2n) is 7.28. The Morgan fingerprint density at radius 1 is 1.03 bits per heavy atom. The summed E-state index contributed by atoms with van der Waals surface area (Å²) < 4.78 is 38.0. The van der Waals surface area contributed by atoms with Gasteiger partial charge in [0, 0.05) is 43.2 Å². The highest BCUT2D eigenvalue weighted by molar-refractivity contribution is 5.94. The van der Waals surface area contributed by atoms with Crippen LogP contribution in [0.25, 0.3) is 0 Å². The molecule has 7 nitrogen and oxygen atoms in total. The summed E-state index contributed by atoms with van der Waals surface area (Å²) in [7, 11) is 0. The van der Waals surface area contributed by atoms with E-state index >= 15 is 0 Å². The topological polar surface area (TPSA) is 92.5 Å². The van der Waals surface area contributed by atoms with Crippen LogP contribution in [0, 0.1) is 16.0 Å². The summed E-state index contributed by atoms with van der Waals surface area (Å²) in [6.45, 7) is 0.895. The highest BCUT2D eigenvalue weighted by Gasteiger charge is 2.31. The van der Waals surface area contributed by atoms with Crippen LogP contribution in [0.5, 0.6) is 0 Å². The summed E-state index contributed by atoms with van der Waals surface area (Å²) in [5, 5.41) is 13.5. The van der Waals surface area contributed by atoms with Crippen LogP contribution >= 0.6 is 0 Å². The number of nitrogens with zero attached hydrogens (tertiary/aromatic N) is 2. The molecule has 3 rings (SSSR count). The largest absolute Gasteiger partial charge is 0.416 e. The van der Waals surface area contributed by atoms with Crippen molar-refractivity contribution in [3.8, 4) is 0 Å². The molecule has 31 heavy (non-hydrogen) atoms. The average molecular weight is 435 g/mol. The normalized spacial score (nSPS) is 14.9. The third kappa shape index (κ3) is 5.59. The van der Waals surface area contributed by atoms with Crippen LogP contribution in [0.1, 0.15) is 34.3 Å². The number of carbonyl (C=O) groups is 2. The number of halogens is 3. The third-order valence-corrected chi connectivity index (χ3v) is 5.23. The maximum absolute atomic E-state index is 12.7. The van der Waals surface area contributed by atoms with Crippen LogP contribution in [0.4, 0.5) is 18.9 Å². The van der Waals surface area contributed by atoms with Crippen molar-refractivity contribution in [3.63, 3.8) is 0 Å². The molecular weight excluding hydrogens is 415 g/mol. The zero-order chi connectivity index (χ0) is 22.6. The molecule has 0 radical (unpaired) electrons. The van der Waals surface area contributed by atoms with E-state index in [2.05, 4.69) is 5.32 Å². The van der Waals surface area contributed by atoms with Crippen molar-refractivity contribution in [2.75, 3.05) is 13.1 Å². The van der Waals surface area contributed by atoms with Crippen molar-refractivity contribution in [1.82, 2.24) is 10.2 Å². The van der Waals surface area contributed by atoms with E-state index in [1.165, 1.54) is 17.0 Å². The average Bonchev–Trinajstić information content (AvgIpc) is 2.77. The van der Waals surface area contributed by atoms with Crippen LogP contribution in [-0.2, 0) is 17.5 Å². The Labute approximate surface area is 176 Å². The smallest absolute Gasteiger partial charge is 0.352 e. The molecule has 0 aromatic heterocycles. The molecule has 164 valence electrons. The number of hydrogen-bond donors (Lipinski definition) is 1. The first-order valence-electron chi connectivity index (χ1n) is 9.63. The van der Waals surface area contributed by atoms with Gasteiger partial charge in [-0.05, 0) is 42.7 Å². The van der Waals surface area contributed by atoms with E-state index in [1.807, 2.05) is 0 Å². The van der Waals surface area contributed by atoms with Gasteiger partial charge in [-0.25, -0.2) is 0 Å². The van der Waals surface area contributed by atoms with E-state index in [1.54, 1.807) is 12.1 Å². The Morgan fingerprint density at radius 3 is 2.13 bits per heavy atom. The molecule has 2 aromatic carbocycles. The van der Waals surface area contributed by atoms with Gasteiger partial charge in [0.15, 0.2) is 0 Å². The first kappa shape index (κ1) is 22.3. The van der Waals surface area contributed by atoms with E-state index in [-0.39, 0.29) is 35.5 Å². The number of nitro benzene ring substituents is 1. The summed E-state index contributed by atoms with van der Waals surface area (Å²) in [5.74, 6) is -0.812. The zero-order valence-corrected chi connectivity index (χ0v) is 16.4. The Hall–Kier alpha value is -3.43. The fourth-order valence-corrected chi connectivity index (χ4v) is 3.40. The molecule has 1 N–H and O–H groups in total. The second kappa shape index (κ2) is 9.15. The van der Waals surface area contributed by atoms with Gasteiger partial charge in [0.1, 0.15) is 0 Å². The van der Waals surface area contributed by atoms with E-state index in [9.17, 15) is 32.9 Å². The van der Waals surface area contributed by atoms with Crippen LogP contribution in [0.2, 0.25) is 0 Å². The van der Waals surface area contributed by atoms with Gasteiger partial charge in [0.25, 0.3) is 11.6 Å². The molecule has 0 aliphatic carbocycles. The van der Waals surface area contributed by atoms with Gasteiger partial charge in [-0.1, -0.05) is 12.1 Å². The Balaban J connectivity index is 1.48. The van der Waals surface area contributed by atoms with Gasteiger partial charge in [0.05, 0.1) is 10.5 Å². The van der Waals surface area contributed by atoms with Crippen LogP contribution < -0.4 is 5.32 Å². The summed E-state index contributed by atoms with van der Waals surface area (Å²) in [6.07, 6.45) is -3.57. The lowest BCUT2D eigenvalue weighted by molar-refractivity contribution is -0.384. The number of likely N-dealkylation sites (tertiary alicyclic amines) is 1. The minimum Gasteiger partial charge on any atom is -0.352 e. The lowest BCUT2D eigenvalue weighted by Crippen LogP contribution is -2.42. The summed E-state index contributed by atoms with van der Waals surface area (Å²) in [5.41, 5.74) is 0.0653. The number of benzene rings is 2. The van der Waals surface area contributed by atoms with Gasteiger partial charge >= 0.3 is 6.18 Å². The van der Waals surface area contributed by atoms with Crippen molar-refractivity contribution in [3.05, 3.63) is 75.3 Å². The van der Waals surface area contributed by atoms with Crippen molar-refractivity contribution >= 4 is 17.5 Å². The number of rotatable bonds is 5. The molecule has 0 saturated carbocycles. The summed E-state index contributed by atoms with van der Waals surface area (Å²) >= 11 is 0. The minimum atomic E-state index is -4.46. The number of carbonyl (C=O) groups excluding carboxylic acids is 2. The third-order valence-electron chi connectivity index (χ3n) is 5.23. The number of piperidine rings is 1. The molecule has 1 fully saturated rings. The van der Waals surface area contributed by atoms with Crippen LogP contribution in [0.15, 0.2) is 48.5 Å². The number of non-ortho nitro benzene ring substituents is 1. The van der Waals surface area contributed by atoms with Gasteiger partial charge < -0.3 is 10.2 Å². The molecule has 1 aliphatic rings. The van der Waals surface area contributed by atoms with E-state index < -0.39 is 16.7 Å². The Kier molecular flexibility index (Phi) is 6.57. The predicted molar refractivity (Wildman–Crippen MR) is 105 cm³/mol. The van der Waals surface area contributed by atoms with E-state index in [4.69, 9.17) is 0 Å². The number of nitro groups is 1. The highest BCUT2D eigenvalue weighted by Crippen LogP contribution is 2.29. The lowest BCUT2D eigenvalue weighted by Gasteiger charge is -2.31. The molecule has 0 unspecified atom stereocenters. The summed E-state index contributed by atoms with van der Waals surface area (Å²) in [4.78, 5) is 36.6. The van der Waals surface area contributed by atoms with Crippen molar-refractivity contribution < 1.29 is 27.7 Å². The van der Waals surface area contributed by atoms with Gasteiger partial charge in [-0.15, -0.1) is 0 Å². The number of nitrogens with one attached hydrogen (secondary N) is 1. The van der Waals surface area contributed by atoms with E-state index in [0.29, 0.717) is 25.9 Å².